The average molecular weight is 421 g/mol. The van der Waals surface area contributed by atoms with Gasteiger partial charge in [0.1, 0.15) is 6.04 Å². The minimum atomic E-state index is -1.10. The first-order valence-corrected chi connectivity index (χ1v) is 9.65. The van der Waals surface area contributed by atoms with E-state index in [1.165, 1.54) is 4.90 Å². The smallest absolute Gasteiger partial charge is 0.335 e. The molecule has 7 heteroatoms. The number of rotatable bonds is 4. The van der Waals surface area contributed by atoms with Crippen LogP contribution in [0.1, 0.15) is 16.8 Å². The average Bonchev–Trinajstić information content (AvgIpc) is 2.75. The van der Waals surface area contributed by atoms with Gasteiger partial charge in [-0.2, -0.15) is 0 Å². The van der Waals surface area contributed by atoms with Gasteiger partial charge in [0.15, 0.2) is 5.75 Å². The minimum absolute atomic E-state index is 0.249. The summed E-state index contributed by atoms with van der Waals surface area (Å²) in [5.41, 5.74) is 1.37. The summed E-state index contributed by atoms with van der Waals surface area (Å²) in [7, 11) is 0. The molecule has 30 heavy (non-hydrogen) atoms. The van der Waals surface area contributed by atoms with Crippen LogP contribution in [0.4, 0.5) is 11.4 Å². The van der Waals surface area contributed by atoms with Crippen molar-refractivity contribution < 1.29 is 19.1 Å². The molecule has 0 aromatic heterocycles. The van der Waals surface area contributed by atoms with Crippen molar-refractivity contribution in [3.63, 3.8) is 0 Å². The molecule has 0 bridgehead atoms. The summed E-state index contributed by atoms with van der Waals surface area (Å²) in [5.74, 6) is -1.23. The van der Waals surface area contributed by atoms with E-state index in [4.69, 9.17) is 16.3 Å². The van der Waals surface area contributed by atoms with Crippen molar-refractivity contribution >= 4 is 40.8 Å². The van der Waals surface area contributed by atoms with Crippen LogP contribution >= 0.6 is 11.6 Å². The third-order valence-electron chi connectivity index (χ3n) is 4.67. The Kier molecular flexibility index (Phi) is 5.50. The van der Waals surface area contributed by atoms with Crippen LogP contribution in [-0.4, -0.2) is 23.8 Å². The lowest BCUT2D eigenvalue weighted by Crippen LogP contribution is -2.51. The molecule has 150 valence electrons. The first-order chi connectivity index (χ1) is 14.5. The molecule has 0 radical (unpaired) electrons. The highest BCUT2D eigenvalue weighted by Gasteiger charge is 2.40. The number of halogens is 1. The highest BCUT2D eigenvalue weighted by Crippen LogP contribution is 2.36. The predicted molar refractivity (Wildman–Crippen MR) is 114 cm³/mol. The van der Waals surface area contributed by atoms with E-state index in [1.807, 2.05) is 6.07 Å². The molecule has 0 fully saturated rings. The molecule has 6 nitrogen and oxygen atoms in total. The first kappa shape index (κ1) is 19.7. The van der Waals surface area contributed by atoms with Crippen LogP contribution in [-0.2, 0) is 9.59 Å². The number of ether oxygens (including phenoxy) is 1. The van der Waals surface area contributed by atoms with Crippen LogP contribution in [0.25, 0.3) is 0 Å². The Balaban J connectivity index is 1.66. The number of esters is 1. The third-order valence-corrected chi connectivity index (χ3v) is 4.92. The van der Waals surface area contributed by atoms with E-state index in [-0.39, 0.29) is 12.2 Å². The van der Waals surface area contributed by atoms with Gasteiger partial charge < -0.3 is 10.1 Å². The SMILES string of the molecule is O=C(CC1C(=O)Oc2ccccc2N1C(=O)c1ccc(Cl)cc1)Nc1ccccc1. The Morgan fingerprint density at radius 1 is 0.933 bits per heavy atom. The monoisotopic (exact) mass is 420 g/mol. The molecule has 2 amide bonds. The van der Waals surface area contributed by atoms with Crippen LogP contribution in [0.5, 0.6) is 5.75 Å². The summed E-state index contributed by atoms with van der Waals surface area (Å²) < 4.78 is 5.40. The molecule has 0 spiro atoms. The Morgan fingerprint density at radius 3 is 2.33 bits per heavy atom. The number of carbonyl (C=O) groups is 3. The van der Waals surface area contributed by atoms with Gasteiger partial charge in [-0.3, -0.25) is 14.5 Å². The number of hydrogen-bond acceptors (Lipinski definition) is 4. The van der Waals surface area contributed by atoms with Gasteiger partial charge in [-0.25, -0.2) is 4.79 Å². The molecule has 0 aliphatic carbocycles. The second-order valence-electron chi connectivity index (χ2n) is 6.70. The molecule has 1 unspecified atom stereocenters. The molecule has 3 aromatic rings. The number of para-hydroxylation sites is 3. The lowest BCUT2D eigenvalue weighted by molar-refractivity contribution is -0.138. The summed E-state index contributed by atoms with van der Waals surface area (Å²) in [4.78, 5) is 40.0. The molecule has 1 N–H and O–H groups in total. The van der Waals surface area contributed by atoms with Crippen LogP contribution in [0.3, 0.4) is 0 Å². The predicted octanol–water partition coefficient (Wildman–Crippen LogP) is 4.30. The number of nitrogens with zero attached hydrogens (tertiary/aromatic N) is 1. The van der Waals surface area contributed by atoms with Gasteiger partial charge >= 0.3 is 5.97 Å². The highest BCUT2D eigenvalue weighted by atomic mass is 35.5. The maximum Gasteiger partial charge on any atom is 0.335 e. The summed E-state index contributed by atoms with van der Waals surface area (Å²) in [6.07, 6.45) is -0.249. The van der Waals surface area contributed by atoms with Crippen molar-refractivity contribution in [3.8, 4) is 5.75 Å². The second kappa shape index (κ2) is 8.39. The van der Waals surface area contributed by atoms with Crippen LogP contribution < -0.4 is 15.0 Å². The van der Waals surface area contributed by atoms with Crippen molar-refractivity contribution in [2.75, 3.05) is 10.2 Å². The fourth-order valence-corrected chi connectivity index (χ4v) is 3.38. The van der Waals surface area contributed by atoms with Gasteiger partial charge in [-0.15, -0.1) is 0 Å². The third kappa shape index (κ3) is 4.04. The van der Waals surface area contributed by atoms with E-state index < -0.39 is 23.8 Å². The van der Waals surface area contributed by atoms with Crippen molar-refractivity contribution in [2.24, 2.45) is 0 Å². The summed E-state index contributed by atoms with van der Waals surface area (Å²) in [6, 6.07) is 20.9. The van der Waals surface area contributed by atoms with Gasteiger partial charge in [0.05, 0.1) is 12.1 Å². The Bertz CT molecular complexity index is 1100. The molecule has 4 rings (SSSR count). The zero-order valence-electron chi connectivity index (χ0n) is 15.7. The van der Waals surface area contributed by atoms with E-state index in [0.29, 0.717) is 22.0 Å². The van der Waals surface area contributed by atoms with Gasteiger partial charge in [0.25, 0.3) is 5.91 Å². The number of nitrogens with one attached hydrogen (secondary N) is 1. The Hall–Kier alpha value is -3.64. The van der Waals surface area contributed by atoms with Gasteiger partial charge in [0.2, 0.25) is 5.91 Å². The number of hydrogen-bond donors (Lipinski definition) is 1. The maximum absolute atomic E-state index is 13.3. The topological polar surface area (TPSA) is 75.7 Å². The summed E-state index contributed by atoms with van der Waals surface area (Å²) >= 11 is 5.93. The van der Waals surface area contributed by atoms with Crippen LogP contribution in [0, 0.1) is 0 Å². The van der Waals surface area contributed by atoms with E-state index in [0.717, 1.165) is 0 Å². The number of fused-ring (bicyclic) bond motifs is 1. The Morgan fingerprint density at radius 2 is 1.60 bits per heavy atom. The minimum Gasteiger partial charge on any atom is -0.423 e. The number of anilines is 2. The van der Waals surface area contributed by atoms with E-state index in [9.17, 15) is 14.4 Å². The molecule has 1 aliphatic rings. The second-order valence-corrected chi connectivity index (χ2v) is 7.14. The number of carbonyl (C=O) groups excluding carboxylic acids is 3. The van der Waals surface area contributed by atoms with Crippen LogP contribution in [0.2, 0.25) is 5.02 Å². The lowest BCUT2D eigenvalue weighted by atomic mass is 10.0. The molecular formula is C23H17ClN2O4. The number of benzene rings is 3. The fourth-order valence-electron chi connectivity index (χ4n) is 3.26. The highest BCUT2D eigenvalue weighted by molar-refractivity contribution is 6.30. The van der Waals surface area contributed by atoms with Crippen molar-refractivity contribution in [1.82, 2.24) is 0 Å². The van der Waals surface area contributed by atoms with Crippen molar-refractivity contribution in [2.45, 2.75) is 12.5 Å². The van der Waals surface area contributed by atoms with E-state index in [2.05, 4.69) is 5.32 Å². The zero-order valence-corrected chi connectivity index (χ0v) is 16.5. The van der Waals surface area contributed by atoms with Gasteiger partial charge in [-0.05, 0) is 48.5 Å². The maximum atomic E-state index is 13.3. The Labute approximate surface area is 178 Å². The van der Waals surface area contributed by atoms with E-state index in [1.54, 1.807) is 72.8 Å². The quantitative estimate of drug-likeness (QED) is 0.504. The lowest BCUT2D eigenvalue weighted by Gasteiger charge is -2.35. The van der Waals surface area contributed by atoms with Crippen molar-refractivity contribution in [1.29, 1.82) is 0 Å². The molecule has 1 aliphatic heterocycles. The summed E-state index contributed by atoms with van der Waals surface area (Å²) in [6.45, 7) is 0. The van der Waals surface area contributed by atoms with E-state index >= 15 is 0 Å². The molecular weight excluding hydrogens is 404 g/mol. The van der Waals surface area contributed by atoms with Gasteiger partial charge in [-0.1, -0.05) is 41.9 Å². The summed E-state index contributed by atoms with van der Waals surface area (Å²) in [5, 5.41) is 3.23. The first-order valence-electron chi connectivity index (χ1n) is 9.27. The standard InChI is InChI=1S/C23H17ClN2O4/c24-16-12-10-15(11-13-16)22(28)26-18-8-4-5-9-20(18)30-23(29)19(26)14-21(27)25-17-6-2-1-3-7-17/h1-13,19H,14H2,(H,25,27). The van der Waals surface area contributed by atoms with Crippen LogP contribution in [0.15, 0.2) is 78.9 Å². The van der Waals surface area contributed by atoms with Crippen molar-refractivity contribution in [3.05, 3.63) is 89.4 Å². The van der Waals surface area contributed by atoms with Gasteiger partial charge in [0, 0.05) is 16.3 Å². The molecule has 1 atom stereocenters. The number of amides is 2. The molecule has 1 heterocycles. The normalized spacial score (nSPS) is 15.2. The molecule has 3 aromatic carbocycles. The fraction of sp³-hybridized carbons (Fsp3) is 0.0870. The zero-order chi connectivity index (χ0) is 21.1. The molecule has 0 saturated heterocycles. The molecule has 0 saturated carbocycles. The largest absolute Gasteiger partial charge is 0.423 e.